The van der Waals surface area contributed by atoms with Gasteiger partial charge in [0, 0.05) is 12.1 Å². The summed E-state index contributed by atoms with van der Waals surface area (Å²) < 4.78 is 5.82. The van der Waals surface area contributed by atoms with E-state index in [1.165, 1.54) is 12.8 Å². The van der Waals surface area contributed by atoms with Crippen LogP contribution >= 0.6 is 0 Å². The van der Waals surface area contributed by atoms with Crippen LogP contribution in [0.2, 0.25) is 0 Å². The van der Waals surface area contributed by atoms with Crippen molar-refractivity contribution in [3.63, 3.8) is 0 Å². The molecule has 0 aliphatic heterocycles. The monoisotopic (exact) mass is 340 g/mol. The molecule has 4 heteroatoms. The fourth-order valence-electron chi connectivity index (χ4n) is 2.59. The Morgan fingerprint density at radius 3 is 2.52 bits per heavy atom. The van der Waals surface area contributed by atoms with Gasteiger partial charge in [0.25, 0.3) is 0 Å². The van der Waals surface area contributed by atoms with Gasteiger partial charge in [-0.15, -0.1) is 0 Å². The Bertz CT molecular complexity index is 666. The number of benzene rings is 2. The second kappa shape index (κ2) is 9.84. The van der Waals surface area contributed by atoms with E-state index in [1.54, 1.807) is 12.1 Å². The normalized spacial score (nSPS) is 10.8. The lowest BCUT2D eigenvalue weighted by atomic mass is 10.0. The Hall–Kier alpha value is -2.33. The second-order valence-corrected chi connectivity index (χ2v) is 6.60. The second-order valence-electron chi connectivity index (χ2n) is 6.60. The molecule has 134 valence electrons. The summed E-state index contributed by atoms with van der Waals surface area (Å²) in [6.07, 6.45) is 2.46. The van der Waals surface area contributed by atoms with Crippen LogP contribution < -0.4 is 15.8 Å². The maximum atomic E-state index is 11.1. The molecule has 0 bridgehead atoms. The third kappa shape index (κ3) is 6.59. The fourth-order valence-corrected chi connectivity index (χ4v) is 2.59. The SMILES string of the molecule is CC(C)CCCNCCOc1cccc(-c2ccc(C(N)=O)cc2)c1. The van der Waals surface area contributed by atoms with Gasteiger partial charge in [-0.05, 0) is 60.7 Å². The minimum absolute atomic E-state index is 0.412. The number of primary amides is 1. The molecule has 1 amide bonds. The van der Waals surface area contributed by atoms with E-state index >= 15 is 0 Å². The van der Waals surface area contributed by atoms with Crippen molar-refractivity contribution in [2.45, 2.75) is 26.7 Å². The molecule has 0 radical (unpaired) electrons. The molecule has 2 aromatic carbocycles. The van der Waals surface area contributed by atoms with E-state index in [0.717, 1.165) is 35.9 Å². The lowest BCUT2D eigenvalue weighted by Gasteiger charge is -2.10. The highest BCUT2D eigenvalue weighted by atomic mass is 16.5. The Labute approximate surface area is 150 Å². The third-order valence-corrected chi connectivity index (χ3v) is 4.02. The van der Waals surface area contributed by atoms with Gasteiger partial charge in [0.2, 0.25) is 5.91 Å². The number of carbonyl (C=O) groups excluding carboxylic acids is 1. The molecule has 3 N–H and O–H groups in total. The summed E-state index contributed by atoms with van der Waals surface area (Å²) in [5, 5.41) is 3.41. The molecule has 4 nitrogen and oxygen atoms in total. The first-order valence-electron chi connectivity index (χ1n) is 8.90. The number of carbonyl (C=O) groups is 1. The van der Waals surface area contributed by atoms with Crippen LogP contribution in [-0.2, 0) is 0 Å². The van der Waals surface area contributed by atoms with E-state index in [1.807, 2.05) is 36.4 Å². The zero-order valence-corrected chi connectivity index (χ0v) is 15.1. The van der Waals surface area contributed by atoms with Crippen molar-refractivity contribution in [2.24, 2.45) is 11.7 Å². The van der Waals surface area contributed by atoms with Crippen molar-refractivity contribution in [2.75, 3.05) is 19.7 Å². The van der Waals surface area contributed by atoms with E-state index in [2.05, 4.69) is 19.2 Å². The van der Waals surface area contributed by atoms with Crippen molar-refractivity contribution < 1.29 is 9.53 Å². The summed E-state index contributed by atoms with van der Waals surface area (Å²) in [4.78, 5) is 11.1. The topological polar surface area (TPSA) is 64.3 Å². The molecule has 0 spiro atoms. The quantitative estimate of drug-likeness (QED) is 0.646. The van der Waals surface area contributed by atoms with Gasteiger partial charge in [0.15, 0.2) is 0 Å². The summed E-state index contributed by atoms with van der Waals surface area (Å²) in [5.74, 6) is 1.20. The number of hydrogen-bond acceptors (Lipinski definition) is 3. The van der Waals surface area contributed by atoms with Gasteiger partial charge < -0.3 is 15.8 Å². The van der Waals surface area contributed by atoms with Crippen LogP contribution in [0.1, 0.15) is 37.0 Å². The Kier molecular flexibility index (Phi) is 7.48. The minimum atomic E-state index is -0.412. The van der Waals surface area contributed by atoms with Crippen LogP contribution in [0.15, 0.2) is 48.5 Å². The van der Waals surface area contributed by atoms with Crippen LogP contribution in [0.25, 0.3) is 11.1 Å². The summed E-state index contributed by atoms with van der Waals surface area (Å²) in [7, 11) is 0. The van der Waals surface area contributed by atoms with Gasteiger partial charge in [0.05, 0.1) is 0 Å². The molecule has 0 atom stereocenters. The smallest absolute Gasteiger partial charge is 0.248 e. The van der Waals surface area contributed by atoms with Gasteiger partial charge in [-0.1, -0.05) is 38.1 Å². The highest BCUT2D eigenvalue weighted by Gasteiger charge is 2.03. The van der Waals surface area contributed by atoms with Crippen molar-refractivity contribution >= 4 is 5.91 Å². The number of hydrogen-bond donors (Lipinski definition) is 2. The number of rotatable bonds is 10. The summed E-state index contributed by atoms with van der Waals surface area (Å²) >= 11 is 0. The van der Waals surface area contributed by atoms with Gasteiger partial charge in [0.1, 0.15) is 12.4 Å². The average Bonchev–Trinajstić information content (AvgIpc) is 2.61. The Morgan fingerprint density at radius 1 is 1.08 bits per heavy atom. The molecular weight excluding hydrogens is 312 g/mol. The molecule has 0 aromatic heterocycles. The molecular formula is C21H28N2O2. The molecule has 2 aromatic rings. The summed E-state index contributed by atoms with van der Waals surface area (Å²) in [6.45, 7) is 7.02. The highest BCUT2D eigenvalue weighted by molar-refractivity contribution is 5.93. The lowest BCUT2D eigenvalue weighted by molar-refractivity contribution is 0.100. The van der Waals surface area contributed by atoms with Crippen molar-refractivity contribution in [1.82, 2.24) is 5.32 Å². The average molecular weight is 340 g/mol. The molecule has 25 heavy (non-hydrogen) atoms. The third-order valence-electron chi connectivity index (χ3n) is 4.02. The zero-order chi connectivity index (χ0) is 18.1. The first kappa shape index (κ1) is 19.0. The predicted molar refractivity (Wildman–Crippen MR) is 103 cm³/mol. The minimum Gasteiger partial charge on any atom is -0.492 e. The van der Waals surface area contributed by atoms with E-state index in [4.69, 9.17) is 10.5 Å². The molecule has 0 heterocycles. The molecule has 0 aliphatic carbocycles. The number of nitrogens with two attached hydrogens (primary N) is 1. The van der Waals surface area contributed by atoms with E-state index < -0.39 is 5.91 Å². The Morgan fingerprint density at radius 2 is 1.84 bits per heavy atom. The first-order valence-corrected chi connectivity index (χ1v) is 8.90. The number of ether oxygens (including phenoxy) is 1. The van der Waals surface area contributed by atoms with Crippen LogP contribution in [-0.4, -0.2) is 25.6 Å². The van der Waals surface area contributed by atoms with Crippen LogP contribution in [0.3, 0.4) is 0 Å². The number of amides is 1. The molecule has 2 rings (SSSR count). The molecule has 0 saturated carbocycles. The maximum Gasteiger partial charge on any atom is 0.248 e. The standard InChI is InChI=1S/C21H28N2O2/c1-16(2)5-4-12-23-13-14-25-20-7-3-6-19(15-20)17-8-10-18(11-9-17)21(22)24/h3,6-11,15-16,23H,4-5,12-14H2,1-2H3,(H2,22,24). The summed E-state index contributed by atoms with van der Waals surface area (Å²) in [5.41, 5.74) is 7.87. The first-order chi connectivity index (χ1) is 12.1. The van der Waals surface area contributed by atoms with Gasteiger partial charge in [-0.3, -0.25) is 4.79 Å². The van der Waals surface area contributed by atoms with Gasteiger partial charge in [-0.25, -0.2) is 0 Å². The maximum absolute atomic E-state index is 11.1. The fraction of sp³-hybridized carbons (Fsp3) is 0.381. The summed E-state index contributed by atoms with van der Waals surface area (Å²) in [6, 6.07) is 15.3. The lowest BCUT2D eigenvalue weighted by Crippen LogP contribution is -2.22. The van der Waals surface area contributed by atoms with Crippen molar-refractivity contribution in [3.05, 3.63) is 54.1 Å². The van der Waals surface area contributed by atoms with Crippen molar-refractivity contribution in [3.8, 4) is 16.9 Å². The largest absolute Gasteiger partial charge is 0.492 e. The van der Waals surface area contributed by atoms with E-state index in [-0.39, 0.29) is 0 Å². The van der Waals surface area contributed by atoms with Gasteiger partial charge >= 0.3 is 0 Å². The molecule has 0 saturated heterocycles. The molecule has 0 fully saturated rings. The zero-order valence-electron chi connectivity index (χ0n) is 15.1. The predicted octanol–water partition coefficient (Wildman–Crippen LogP) is 3.86. The van der Waals surface area contributed by atoms with E-state index in [0.29, 0.717) is 12.2 Å². The van der Waals surface area contributed by atoms with Crippen molar-refractivity contribution in [1.29, 1.82) is 0 Å². The number of nitrogens with one attached hydrogen (secondary N) is 1. The molecule has 0 unspecified atom stereocenters. The van der Waals surface area contributed by atoms with Crippen LogP contribution in [0.4, 0.5) is 0 Å². The van der Waals surface area contributed by atoms with Crippen LogP contribution in [0, 0.1) is 5.92 Å². The van der Waals surface area contributed by atoms with Gasteiger partial charge in [-0.2, -0.15) is 0 Å². The Balaban J connectivity index is 1.81. The van der Waals surface area contributed by atoms with Crippen LogP contribution in [0.5, 0.6) is 5.75 Å². The highest BCUT2D eigenvalue weighted by Crippen LogP contribution is 2.24. The molecule has 0 aliphatic rings. The van der Waals surface area contributed by atoms with E-state index in [9.17, 15) is 4.79 Å².